The van der Waals surface area contributed by atoms with E-state index in [9.17, 15) is 18.3 Å². The number of carbonyl (C=O) groups is 1. The lowest BCUT2D eigenvalue weighted by Crippen LogP contribution is -2.32. The van der Waals surface area contributed by atoms with Gasteiger partial charge in [-0.05, 0) is 67.1 Å². The molecule has 1 aromatic heterocycles. The number of carbonyl (C=O) groups excluding carboxylic acids is 1. The monoisotopic (exact) mass is 472 g/mol. The van der Waals surface area contributed by atoms with Gasteiger partial charge in [-0.15, -0.1) is 0 Å². The quantitative estimate of drug-likeness (QED) is 0.494. The first kappa shape index (κ1) is 23.1. The van der Waals surface area contributed by atoms with Crippen molar-refractivity contribution in [1.82, 2.24) is 15.1 Å². The van der Waals surface area contributed by atoms with Crippen LogP contribution in [0, 0.1) is 0 Å². The predicted octanol–water partition coefficient (Wildman–Crippen LogP) is 2.42. The maximum Gasteiger partial charge on any atom is 0.270 e. The zero-order chi connectivity index (χ0) is 23.8. The van der Waals surface area contributed by atoms with E-state index in [1.165, 1.54) is 4.31 Å². The third-order valence-corrected chi connectivity index (χ3v) is 6.96. The summed E-state index contributed by atoms with van der Waals surface area (Å²) in [7, 11) is -0.430. The number of amides is 1. The Balaban J connectivity index is 1.95. The van der Waals surface area contributed by atoms with Crippen molar-refractivity contribution in [2.75, 3.05) is 37.9 Å². The molecule has 10 heteroatoms. The average molecular weight is 473 g/mol. The Kier molecular flexibility index (Phi) is 6.31. The molecule has 176 valence electrons. The molecule has 0 bridgehead atoms. The fourth-order valence-corrected chi connectivity index (χ4v) is 4.98. The Morgan fingerprint density at radius 1 is 1.27 bits per heavy atom. The normalized spacial score (nSPS) is 13.8. The summed E-state index contributed by atoms with van der Waals surface area (Å²) in [6, 6.07) is 10.8. The molecule has 0 saturated heterocycles. The molecule has 3 aromatic rings. The number of hydrogen-bond donors (Lipinski definition) is 2. The van der Waals surface area contributed by atoms with Crippen LogP contribution in [-0.4, -0.2) is 62.8 Å². The standard InChI is InChI=1S/C23H28N4O5S/c1-24-23(29)22-19-13-18(15-5-6-15)21(26(11-4-12-28)33(3,30)31)14-20(19)25-27(22)16-7-9-17(32-2)10-8-16/h7-10,13-15,28H,4-6,11-12H2,1-3H3,(H,24,29). The van der Waals surface area contributed by atoms with E-state index in [-0.39, 0.29) is 25.0 Å². The number of aromatic nitrogens is 2. The number of nitrogens with one attached hydrogen (secondary N) is 1. The van der Waals surface area contributed by atoms with Gasteiger partial charge in [0.15, 0.2) is 0 Å². The Bertz CT molecular complexity index is 1280. The molecule has 1 aliphatic carbocycles. The summed E-state index contributed by atoms with van der Waals surface area (Å²) in [4.78, 5) is 12.9. The highest BCUT2D eigenvalue weighted by Gasteiger charge is 2.32. The highest BCUT2D eigenvalue weighted by molar-refractivity contribution is 7.92. The van der Waals surface area contributed by atoms with Crippen LogP contribution in [0.1, 0.15) is 41.2 Å². The average Bonchev–Trinajstić information content (AvgIpc) is 3.58. The van der Waals surface area contributed by atoms with E-state index in [1.807, 2.05) is 18.2 Å². The Hall–Kier alpha value is -3.11. The molecule has 1 heterocycles. The molecule has 9 nitrogen and oxygen atoms in total. The molecular formula is C23H28N4O5S. The molecule has 2 N–H and O–H groups in total. The van der Waals surface area contributed by atoms with Crippen LogP contribution >= 0.6 is 0 Å². The van der Waals surface area contributed by atoms with Crippen molar-refractivity contribution >= 4 is 32.5 Å². The Morgan fingerprint density at radius 2 is 1.97 bits per heavy atom. The predicted molar refractivity (Wildman–Crippen MR) is 127 cm³/mol. The van der Waals surface area contributed by atoms with Gasteiger partial charge in [0.1, 0.15) is 11.4 Å². The van der Waals surface area contributed by atoms with Gasteiger partial charge in [0.05, 0.1) is 30.3 Å². The van der Waals surface area contributed by atoms with E-state index in [2.05, 4.69) is 10.4 Å². The minimum atomic E-state index is -3.58. The summed E-state index contributed by atoms with van der Waals surface area (Å²) < 4.78 is 33.4. The van der Waals surface area contributed by atoms with Crippen molar-refractivity contribution in [2.24, 2.45) is 0 Å². The van der Waals surface area contributed by atoms with Gasteiger partial charge in [-0.3, -0.25) is 9.10 Å². The largest absolute Gasteiger partial charge is 0.497 e. The molecule has 0 atom stereocenters. The fourth-order valence-electron chi connectivity index (χ4n) is 4.00. The number of anilines is 1. The number of aliphatic hydroxyl groups excluding tert-OH is 1. The minimum Gasteiger partial charge on any atom is -0.497 e. The second-order valence-electron chi connectivity index (χ2n) is 8.15. The van der Waals surface area contributed by atoms with Crippen LogP contribution in [0.2, 0.25) is 0 Å². The number of aliphatic hydroxyl groups is 1. The van der Waals surface area contributed by atoms with E-state index in [4.69, 9.17) is 4.74 Å². The van der Waals surface area contributed by atoms with Gasteiger partial charge in [-0.1, -0.05) is 0 Å². The number of hydrogen-bond acceptors (Lipinski definition) is 6. The molecule has 0 aliphatic heterocycles. The third-order valence-electron chi connectivity index (χ3n) is 5.78. The molecule has 1 saturated carbocycles. The first-order valence-electron chi connectivity index (χ1n) is 10.8. The topological polar surface area (TPSA) is 114 Å². The molecule has 1 aliphatic rings. The van der Waals surface area contributed by atoms with E-state index < -0.39 is 10.0 Å². The van der Waals surface area contributed by atoms with Gasteiger partial charge in [-0.25, -0.2) is 13.1 Å². The molecule has 1 fully saturated rings. The minimum absolute atomic E-state index is 0.111. The number of methoxy groups -OCH3 is 1. The maximum absolute atomic E-state index is 12.9. The molecule has 0 unspecified atom stereocenters. The number of nitrogens with zero attached hydrogens (tertiary/aromatic N) is 3. The molecule has 33 heavy (non-hydrogen) atoms. The first-order chi connectivity index (χ1) is 15.8. The van der Waals surface area contributed by atoms with Crippen LogP contribution in [0.4, 0.5) is 5.69 Å². The summed E-state index contributed by atoms with van der Waals surface area (Å²) in [6.45, 7) is 0.0575. The van der Waals surface area contributed by atoms with Crippen LogP contribution < -0.4 is 14.4 Å². The van der Waals surface area contributed by atoms with Crippen LogP contribution in [0.25, 0.3) is 16.6 Å². The number of ether oxygens (including phenoxy) is 1. The van der Waals surface area contributed by atoms with Gasteiger partial charge in [0, 0.05) is 25.6 Å². The van der Waals surface area contributed by atoms with Crippen molar-refractivity contribution in [2.45, 2.75) is 25.2 Å². The van der Waals surface area contributed by atoms with Crippen LogP contribution in [0.5, 0.6) is 5.75 Å². The van der Waals surface area contributed by atoms with Gasteiger partial charge in [0.2, 0.25) is 10.0 Å². The van der Waals surface area contributed by atoms with Crippen LogP contribution in [-0.2, 0) is 10.0 Å². The van der Waals surface area contributed by atoms with Gasteiger partial charge >= 0.3 is 0 Å². The Morgan fingerprint density at radius 3 is 2.52 bits per heavy atom. The number of sulfonamides is 1. The second kappa shape index (κ2) is 9.03. The molecule has 2 aromatic carbocycles. The summed E-state index contributed by atoms with van der Waals surface area (Å²) in [5.41, 5.74) is 3.02. The van der Waals surface area contributed by atoms with E-state index >= 15 is 0 Å². The van der Waals surface area contributed by atoms with Gasteiger partial charge < -0.3 is 15.2 Å². The lowest BCUT2D eigenvalue weighted by atomic mass is 10.0. The molecular weight excluding hydrogens is 444 g/mol. The van der Waals surface area contributed by atoms with Crippen molar-refractivity contribution in [3.05, 3.63) is 47.7 Å². The third kappa shape index (κ3) is 4.53. The highest BCUT2D eigenvalue weighted by atomic mass is 32.2. The van der Waals surface area contributed by atoms with Gasteiger partial charge in [-0.2, -0.15) is 5.10 Å². The lowest BCUT2D eigenvalue weighted by Gasteiger charge is -2.25. The number of benzene rings is 2. The fraction of sp³-hybridized carbons (Fsp3) is 0.391. The van der Waals surface area contributed by atoms with E-state index in [0.717, 1.165) is 24.7 Å². The second-order valence-corrected chi connectivity index (χ2v) is 10.1. The highest BCUT2D eigenvalue weighted by Crippen LogP contribution is 2.46. The number of rotatable bonds is 9. The maximum atomic E-state index is 12.9. The van der Waals surface area contributed by atoms with Gasteiger partial charge in [0.25, 0.3) is 5.91 Å². The van der Waals surface area contributed by atoms with E-state index in [0.29, 0.717) is 40.1 Å². The molecule has 0 spiro atoms. The molecule has 4 rings (SSSR count). The lowest BCUT2D eigenvalue weighted by molar-refractivity contribution is 0.0957. The summed E-state index contributed by atoms with van der Waals surface area (Å²) in [5.74, 6) is 0.621. The zero-order valence-corrected chi connectivity index (χ0v) is 19.7. The van der Waals surface area contributed by atoms with Crippen LogP contribution in [0.3, 0.4) is 0 Å². The smallest absolute Gasteiger partial charge is 0.270 e. The summed E-state index contributed by atoms with van der Waals surface area (Å²) in [5, 5.41) is 17.3. The summed E-state index contributed by atoms with van der Waals surface area (Å²) in [6.07, 6.45) is 3.40. The van der Waals surface area contributed by atoms with Crippen molar-refractivity contribution in [3.63, 3.8) is 0 Å². The Labute approximate surface area is 193 Å². The van der Waals surface area contributed by atoms with Crippen LogP contribution in [0.15, 0.2) is 36.4 Å². The van der Waals surface area contributed by atoms with Crippen molar-refractivity contribution in [3.8, 4) is 11.4 Å². The van der Waals surface area contributed by atoms with Crippen molar-refractivity contribution < 1.29 is 23.1 Å². The van der Waals surface area contributed by atoms with Crippen molar-refractivity contribution in [1.29, 1.82) is 0 Å². The first-order valence-corrected chi connectivity index (χ1v) is 12.6. The SMILES string of the molecule is CNC(=O)c1c2cc(C3CC3)c(N(CCCO)S(C)(=O)=O)cc2nn1-c1ccc(OC)cc1. The zero-order valence-electron chi connectivity index (χ0n) is 18.9. The summed E-state index contributed by atoms with van der Waals surface area (Å²) >= 11 is 0. The molecule has 1 amide bonds. The molecule has 0 radical (unpaired) electrons. The number of fused-ring (bicyclic) bond motifs is 1. The van der Waals surface area contributed by atoms with E-state index in [1.54, 1.807) is 37.0 Å².